The molecule has 0 bridgehead atoms. The van der Waals surface area contributed by atoms with Crippen molar-refractivity contribution in [3.8, 4) is 0 Å². The fourth-order valence-electron chi connectivity index (χ4n) is 1.47. The molecule has 0 amide bonds. The van der Waals surface area contributed by atoms with Gasteiger partial charge in [-0.3, -0.25) is 0 Å². The minimum atomic E-state index is 0.586. The highest BCUT2D eigenvalue weighted by Crippen LogP contribution is 2.12. The largest absolute Gasteiger partial charge is 0.313 e. The summed E-state index contributed by atoms with van der Waals surface area (Å²) < 4.78 is 0. The van der Waals surface area contributed by atoms with E-state index in [-0.39, 0.29) is 0 Å². The van der Waals surface area contributed by atoms with E-state index in [0.29, 0.717) is 6.04 Å². The lowest BCUT2D eigenvalue weighted by atomic mass is 10.2. The second kappa shape index (κ2) is 9.02. The Morgan fingerprint density at radius 3 is 2.94 bits per heavy atom. The van der Waals surface area contributed by atoms with Crippen molar-refractivity contribution in [2.45, 2.75) is 39.2 Å². The molecule has 1 N–H and O–H groups in total. The van der Waals surface area contributed by atoms with Gasteiger partial charge in [0.25, 0.3) is 0 Å². The molecule has 0 saturated heterocycles. The van der Waals surface area contributed by atoms with Crippen LogP contribution >= 0.6 is 23.1 Å². The third-order valence-corrected chi connectivity index (χ3v) is 4.39. The Bertz CT molecular complexity index is 250. The molecule has 1 atom stereocenters. The highest BCUT2D eigenvalue weighted by Gasteiger charge is 2.10. The molecular formula is C12H22N2S2. The number of hydrogen-bond donors (Lipinski definition) is 1. The average molecular weight is 258 g/mol. The predicted octanol–water partition coefficient (Wildman–Crippen LogP) is 3.20. The van der Waals surface area contributed by atoms with E-state index in [4.69, 9.17) is 0 Å². The van der Waals surface area contributed by atoms with Gasteiger partial charge in [0.1, 0.15) is 0 Å². The number of rotatable bonds is 9. The smallest absolute Gasteiger partial charge is 0.0940 e. The summed E-state index contributed by atoms with van der Waals surface area (Å²) in [5, 5.41) is 6.93. The minimum absolute atomic E-state index is 0.586. The first kappa shape index (κ1) is 14.0. The lowest BCUT2D eigenvalue weighted by Gasteiger charge is -2.16. The van der Waals surface area contributed by atoms with Crippen molar-refractivity contribution in [2.24, 2.45) is 0 Å². The van der Waals surface area contributed by atoms with Gasteiger partial charge < -0.3 is 5.32 Å². The molecule has 1 aromatic heterocycles. The van der Waals surface area contributed by atoms with Gasteiger partial charge in [0.2, 0.25) is 0 Å². The van der Waals surface area contributed by atoms with E-state index in [1.807, 2.05) is 18.0 Å². The van der Waals surface area contributed by atoms with Crippen LogP contribution in [0.4, 0.5) is 0 Å². The van der Waals surface area contributed by atoms with Crippen molar-refractivity contribution in [3.63, 3.8) is 0 Å². The second-order valence-corrected chi connectivity index (χ2v) is 5.98. The quantitative estimate of drug-likeness (QED) is 0.689. The van der Waals surface area contributed by atoms with Gasteiger partial charge in [-0.05, 0) is 25.1 Å². The summed E-state index contributed by atoms with van der Waals surface area (Å²) in [4.78, 5) is 4.36. The van der Waals surface area contributed by atoms with Crippen LogP contribution in [0.3, 0.4) is 0 Å². The zero-order valence-corrected chi connectivity index (χ0v) is 11.9. The van der Waals surface area contributed by atoms with Gasteiger partial charge in [0.15, 0.2) is 0 Å². The van der Waals surface area contributed by atoms with Gasteiger partial charge >= 0.3 is 0 Å². The molecular weight excluding hydrogens is 236 g/mol. The zero-order chi connectivity index (χ0) is 11.6. The summed E-state index contributed by atoms with van der Waals surface area (Å²) in [5.74, 6) is 2.47. The Morgan fingerprint density at radius 1 is 1.44 bits per heavy atom. The summed E-state index contributed by atoms with van der Waals surface area (Å²) in [5.41, 5.74) is 0. The summed E-state index contributed by atoms with van der Waals surface area (Å²) in [6, 6.07) is 0.586. The SMILES string of the molecule is CCCNC(CSCCC)Cc1nccs1. The van der Waals surface area contributed by atoms with Crippen LogP contribution in [-0.4, -0.2) is 29.1 Å². The lowest BCUT2D eigenvalue weighted by Crippen LogP contribution is -2.34. The molecule has 1 unspecified atom stereocenters. The van der Waals surface area contributed by atoms with Gasteiger partial charge in [-0.1, -0.05) is 13.8 Å². The maximum absolute atomic E-state index is 4.36. The van der Waals surface area contributed by atoms with Crippen molar-refractivity contribution in [3.05, 3.63) is 16.6 Å². The fourth-order valence-corrected chi connectivity index (χ4v) is 3.15. The van der Waals surface area contributed by atoms with Gasteiger partial charge in [0, 0.05) is 29.8 Å². The molecule has 0 aliphatic heterocycles. The highest BCUT2D eigenvalue weighted by atomic mass is 32.2. The molecule has 0 radical (unpaired) electrons. The molecule has 1 rings (SSSR count). The topological polar surface area (TPSA) is 24.9 Å². The third-order valence-electron chi connectivity index (χ3n) is 2.25. The van der Waals surface area contributed by atoms with E-state index in [1.54, 1.807) is 11.3 Å². The van der Waals surface area contributed by atoms with Crippen molar-refractivity contribution in [1.29, 1.82) is 0 Å². The summed E-state index contributed by atoms with van der Waals surface area (Å²) in [7, 11) is 0. The van der Waals surface area contributed by atoms with Crippen molar-refractivity contribution in [2.75, 3.05) is 18.1 Å². The average Bonchev–Trinajstić information content (AvgIpc) is 2.78. The Hall–Kier alpha value is -0.0600. The van der Waals surface area contributed by atoms with E-state index in [9.17, 15) is 0 Å². The van der Waals surface area contributed by atoms with Gasteiger partial charge in [-0.25, -0.2) is 4.98 Å². The third kappa shape index (κ3) is 5.87. The number of hydrogen-bond acceptors (Lipinski definition) is 4. The normalized spacial score (nSPS) is 12.9. The van der Waals surface area contributed by atoms with Crippen LogP contribution in [0.1, 0.15) is 31.7 Å². The fraction of sp³-hybridized carbons (Fsp3) is 0.750. The monoisotopic (exact) mass is 258 g/mol. The summed E-state index contributed by atoms with van der Waals surface area (Å²) >= 11 is 3.81. The van der Waals surface area contributed by atoms with E-state index >= 15 is 0 Å². The molecule has 0 aromatic carbocycles. The van der Waals surface area contributed by atoms with Crippen molar-refractivity contribution >= 4 is 23.1 Å². The van der Waals surface area contributed by atoms with E-state index in [1.165, 1.54) is 29.4 Å². The van der Waals surface area contributed by atoms with Crippen LogP contribution < -0.4 is 5.32 Å². The molecule has 16 heavy (non-hydrogen) atoms. The standard InChI is InChI=1S/C12H22N2S2/c1-3-5-13-11(10-15-7-4-2)9-12-14-6-8-16-12/h6,8,11,13H,3-5,7,9-10H2,1-2H3. The van der Waals surface area contributed by atoms with E-state index in [0.717, 1.165) is 13.0 Å². The van der Waals surface area contributed by atoms with Gasteiger partial charge in [-0.15, -0.1) is 11.3 Å². The number of thioether (sulfide) groups is 1. The minimum Gasteiger partial charge on any atom is -0.313 e. The van der Waals surface area contributed by atoms with Crippen LogP contribution in [0.25, 0.3) is 0 Å². The molecule has 92 valence electrons. The summed E-state index contributed by atoms with van der Waals surface area (Å²) in [6.45, 7) is 5.57. The first-order valence-corrected chi connectivity index (χ1v) is 8.09. The maximum Gasteiger partial charge on any atom is 0.0940 e. The Labute approximate surface area is 107 Å². The van der Waals surface area contributed by atoms with Gasteiger partial charge in [-0.2, -0.15) is 11.8 Å². The Balaban J connectivity index is 2.31. The lowest BCUT2D eigenvalue weighted by molar-refractivity contribution is 0.549. The number of thiazole rings is 1. The van der Waals surface area contributed by atoms with E-state index in [2.05, 4.69) is 29.5 Å². The van der Waals surface area contributed by atoms with Gasteiger partial charge in [0.05, 0.1) is 5.01 Å². The van der Waals surface area contributed by atoms with Crippen LogP contribution in [-0.2, 0) is 6.42 Å². The van der Waals surface area contributed by atoms with Crippen LogP contribution in [0.5, 0.6) is 0 Å². The number of nitrogens with zero attached hydrogens (tertiary/aromatic N) is 1. The first-order chi connectivity index (χ1) is 7.86. The molecule has 0 saturated carbocycles. The molecule has 0 spiro atoms. The Morgan fingerprint density at radius 2 is 2.31 bits per heavy atom. The van der Waals surface area contributed by atoms with Crippen molar-refractivity contribution < 1.29 is 0 Å². The van der Waals surface area contributed by atoms with E-state index < -0.39 is 0 Å². The Kier molecular flexibility index (Phi) is 7.89. The zero-order valence-electron chi connectivity index (χ0n) is 10.2. The molecule has 1 aromatic rings. The number of nitrogens with one attached hydrogen (secondary N) is 1. The molecule has 0 fully saturated rings. The maximum atomic E-state index is 4.36. The predicted molar refractivity (Wildman–Crippen MR) is 75.5 cm³/mol. The van der Waals surface area contributed by atoms with Crippen molar-refractivity contribution in [1.82, 2.24) is 10.3 Å². The second-order valence-electron chi connectivity index (χ2n) is 3.86. The molecule has 1 heterocycles. The molecule has 0 aliphatic rings. The number of aromatic nitrogens is 1. The van der Waals surface area contributed by atoms with Crippen LogP contribution in [0, 0.1) is 0 Å². The highest BCUT2D eigenvalue weighted by molar-refractivity contribution is 7.99. The molecule has 0 aliphatic carbocycles. The summed E-state index contributed by atoms with van der Waals surface area (Å²) in [6.07, 6.45) is 5.44. The molecule has 2 nitrogen and oxygen atoms in total. The molecule has 4 heteroatoms. The first-order valence-electron chi connectivity index (χ1n) is 6.06. The van der Waals surface area contributed by atoms with Crippen LogP contribution in [0.15, 0.2) is 11.6 Å². The van der Waals surface area contributed by atoms with Crippen LogP contribution in [0.2, 0.25) is 0 Å².